The van der Waals surface area contributed by atoms with E-state index in [-0.39, 0.29) is 17.9 Å². The maximum atomic E-state index is 11.5. The Bertz CT molecular complexity index is 407. The van der Waals surface area contributed by atoms with E-state index >= 15 is 0 Å². The summed E-state index contributed by atoms with van der Waals surface area (Å²) < 4.78 is 5.58. The molecule has 1 aromatic rings. The van der Waals surface area contributed by atoms with Gasteiger partial charge in [0.25, 0.3) is 0 Å². The van der Waals surface area contributed by atoms with Crippen molar-refractivity contribution in [1.82, 2.24) is 20.8 Å². The molecule has 0 saturated heterocycles. The van der Waals surface area contributed by atoms with Gasteiger partial charge in [0.1, 0.15) is 0 Å². The SMILES string of the molecule is CCNC(C)c1nnc(N(C)CC(C)C(=O)NC)o1. The number of anilines is 1. The van der Waals surface area contributed by atoms with Gasteiger partial charge in [0, 0.05) is 20.6 Å². The molecule has 2 unspecified atom stereocenters. The molecule has 0 aliphatic carbocycles. The lowest BCUT2D eigenvalue weighted by Crippen LogP contribution is -2.34. The first kappa shape index (κ1) is 15.4. The van der Waals surface area contributed by atoms with Crippen molar-refractivity contribution in [2.24, 2.45) is 5.92 Å². The molecule has 1 heterocycles. The molecular formula is C12H23N5O2. The van der Waals surface area contributed by atoms with Crippen molar-refractivity contribution in [1.29, 1.82) is 0 Å². The first-order valence-corrected chi connectivity index (χ1v) is 6.49. The Kier molecular flexibility index (Phi) is 5.75. The number of hydrogen-bond donors (Lipinski definition) is 2. The topological polar surface area (TPSA) is 83.3 Å². The first-order chi connectivity index (χ1) is 8.99. The fourth-order valence-electron chi connectivity index (χ4n) is 1.77. The van der Waals surface area contributed by atoms with Gasteiger partial charge in [-0.3, -0.25) is 4.79 Å². The maximum absolute atomic E-state index is 11.5. The largest absolute Gasteiger partial charge is 0.406 e. The zero-order valence-electron chi connectivity index (χ0n) is 12.2. The Hall–Kier alpha value is -1.63. The highest BCUT2D eigenvalue weighted by Crippen LogP contribution is 2.17. The Morgan fingerprint density at radius 2 is 2.11 bits per heavy atom. The Morgan fingerprint density at radius 1 is 1.42 bits per heavy atom. The van der Waals surface area contributed by atoms with Crippen molar-refractivity contribution in [3.05, 3.63) is 5.89 Å². The number of aromatic nitrogens is 2. The van der Waals surface area contributed by atoms with Gasteiger partial charge in [-0.15, -0.1) is 5.10 Å². The van der Waals surface area contributed by atoms with Crippen molar-refractivity contribution in [3.8, 4) is 0 Å². The zero-order chi connectivity index (χ0) is 14.4. The minimum absolute atomic E-state index is 0.00685. The second-order valence-electron chi connectivity index (χ2n) is 4.60. The van der Waals surface area contributed by atoms with Gasteiger partial charge in [-0.25, -0.2) is 0 Å². The molecule has 1 aromatic heterocycles. The molecule has 2 atom stereocenters. The van der Waals surface area contributed by atoms with E-state index in [1.54, 1.807) is 11.9 Å². The minimum Gasteiger partial charge on any atom is -0.406 e. The lowest BCUT2D eigenvalue weighted by atomic mass is 10.1. The Balaban J connectivity index is 2.63. The van der Waals surface area contributed by atoms with E-state index in [4.69, 9.17) is 4.42 Å². The minimum atomic E-state index is -0.142. The molecule has 7 nitrogen and oxygen atoms in total. The van der Waals surface area contributed by atoms with Crippen LogP contribution in [0.25, 0.3) is 0 Å². The molecule has 19 heavy (non-hydrogen) atoms. The number of carbonyl (C=O) groups excluding carboxylic acids is 1. The average molecular weight is 269 g/mol. The van der Waals surface area contributed by atoms with Crippen LogP contribution in [-0.2, 0) is 4.79 Å². The fourth-order valence-corrected chi connectivity index (χ4v) is 1.77. The number of rotatable bonds is 7. The lowest BCUT2D eigenvalue weighted by molar-refractivity contribution is -0.123. The number of nitrogens with zero attached hydrogens (tertiary/aromatic N) is 3. The van der Waals surface area contributed by atoms with Gasteiger partial charge in [0.2, 0.25) is 11.8 Å². The molecule has 1 rings (SSSR count). The van der Waals surface area contributed by atoms with Crippen LogP contribution in [-0.4, -0.2) is 43.3 Å². The van der Waals surface area contributed by atoms with Crippen molar-refractivity contribution in [2.75, 3.05) is 32.1 Å². The van der Waals surface area contributed by atoms with Gasteiger partial charge >= 0.3 is 6.01 Å². The summed E-state index contributed by atoms with van der Waals surface area (Å²) in [5.41, 5.74) is 0. The van der Waals surface area contributed by atoms with E-state index in [0.29, 0.717) is 18.5 Å². The van der Waals surface area contributed by atoms with Crippen molar-refractivity contribution >= 4 is 11.9 Å². The second-order valence-corrected chi connectivity index (χ2v) is 4.60. The monoisotopic (exact) mass is 269 g/mol. The molecule has 1 amide bonds. The molecule has 0 aliphatic heterocycles. The van der Waals surface area contributed by atoms with Crippen LogP contribution in [0.1, 0.15) is 32.7 Å². The van der Waals surface area contributed by atoms with E-state index in [1.807, 2.05) is 27.8 Å². The Morgan fingerprint density at radius 3 is 2.68 bits per heavy atom. The van der Waals surface area contributed by atoms with Gasteiger partial charge in [0.05, 0.1) is 12.0 Å². The first-order valence-electron chi connectivity index (χ1n) is 6.49. The second kappa shape index (κ2) is 7.08. The summed E-state index contributed by atoms with van der Waals surface area (Å²) in [6, 6.07) is 0.450. The van der Waals surface area contributed by atoms with Crippen LogP contribution in [0, 0.1) is 5.92 Å². The fraction of sp³-hybridized carbons (Fsp3) is 0.750. The summed E-state index contributed by atoms with van der Waals surface area (Å²) in [5.74, 6) is 0.403. The third-order valence-corrected chi connectivity index (χ3v) is 2.88. The van der Waals surface area contributed by atoms with Crippen molar-refractivity contribution < 1.29 is 9.21 Å². The highest BCUT2D eigenvalue weighted by molar-refractivity contribution is 5.78. The predicted molar refractivity (Wildman–Crippen MR) is 72.9 cm³/mol. The molecule has 0 aliphatic rings. The summed E-state index contributed by atoms with van der Waals surface area (Å²) in [7, 11) is 3.45. The van der Waals surface area contributed by atoms with Gasteiger partial charge in [-0.1, -0.05) is 18.9 Å². The van der Waals surface area contributed by atoms with Crippen LogP contribution in [0.4, 0.5) is 6.01 Å². The van der Waals surface area contributed by atoms with Crippen LogP contribution >= 0.6 is 0 Å². The molecule has 0 spiro atoms. The van der Waals surface area contributed by atoms with Gasteiger partial charge < -0.3 is 20.0 Å². The van der Waals surface area contributed by atoms with Crippen LogP contribution in [0.15, 0.2) is 4.42 Å². The number of amides is 1. The highest BCUT2D eigenvalue weighted by Gasteiger charge is 2.19. The van der Waals surface area contributed by atoms with Crippen LogP contribution in [0.5, 0.6) is 0 Å². The van der Waals surface area contributed by atoms with E-state index in [1.165, 1.54) is 0 Å². The van der Waals surface area contributed by atoms with Gasteiger partial charge in [0.15, 0.2) is 0 Å². The molecule has 0 saturated carbocycles. The molecule has 0 radical (unpaired) electrons. The van der Waals surface area contributed by atoms with Crippen molar-refractivity contribution in [3.63, 3.8) is 0 Å². The lowest BCUT2D eigenvalue weighted by Gasteiger charge is -2.18. The standard InChI is InChI=1S/C12H23N5O2/c1-6-14-9(3)11-15-16-12(19-11)17(5)7-8(2)10(18)13-4/h8-9,14H,6-7H2,1-5H3,(H,13,18). The van der Waals surface area contributed by atoms with Crippen LogP contribution in [0.2, 0.25) is 0 Å². The summed E-state index contributed by atoms with van der Waals surface area (Å²) in [5, 5.41) is 13.8. The number of hydrogen-bond acceptors (Lipinski definition) is 6. The van der Waals surface area contributed by atoms with E-state index in [2.05, 4.69) is 20.8 Å². The van der Waals surface area contributed by atoms with Crippen LogP contribution in [0.3, 0.4) is 0 Å². The molecule has 108 valence electrons. The zero-order valence-corrected chi connectivity index (χ0v) is 12.2. The van der Waals surface area contributed by atoms with E-state index in [9.17, 15) is 4.79 Å². The normalized spacial score (nSPS) is 13.9. The summed E-state index contributed by atoms with van der Waals surface area (Å²) >= 11 is 0. The summed E-state index contributed by atoms with van der Waals surface area (Å²) in [6.07, 6.45) is 0. The smallest absolute Gasteiger partial charge is 0.317 e. The maximum Gasteiger partial charge on any atom is 0.317 e. The highest BCUT2D eigenvalue weighted by atomic mass is 16.4. The summed E-state index contributed by atoms with van der Waals surface area (Å²) in [4.78, 5) is 13.2. The van der Waals surface area contributed by atoms with Crippen LogP contribution < -0.4 is 15.5 Å². The molecule has 0 aromatic carbocycles. The molecule has 2 N–H and O–H groups in total. The third-order valence-electron chi connectivity index (χ3n) is 2.88. The van der Waals surface area contributed by atoms with Gasteiger partial charge in [-0.2, -0.15) is 0 Å². The van der Waals surface area contributed by atoms with Crippen molar-refractivity contribution in [2.45, 2.75) is 26.8 Å². The Labute approximate surface area is 113 Å². The molecule has 0 fully saturated rings. The molecule has 0 bridgehead atoms. The molecular weight excluding hydrogens is 246 g/mol. The number of carbonyl (C=O) groups is 1. The molecule has 7 heteroatoms. The predicted octanol–water partition coefficient (Wildman–Crippen LogP) is 0.558. The number of nitrogens with one attached hydrogen (secondary N) is 2. The van der Waals surface area contributed by atoms with E-state index < -0.39 is 0 Å². The van der Waals surface area contributed by atoms with Gasteiger partial charge in [-0.05, 0) is 13.5 Å². The summed E-state index contributed by atoms with van der Waals surface area (Å²) in [6.45, 7) is 7.20. The average Bonchev–Trinajstić information content (AvgIpc) is 2.87. The van der Waals surface area contributed by atoms with E-state index in [0.717, 1.165) is 6.54 Å². The third kappa shape index (κ3) is 4.20. The quantitative estimate of drug-likeness (QED) is 0.752.